The smallest absolute Gasteiger partial charge is 0.451 e. The van der Waals surface area contributed by atoms with E-state index in [-0.39, 0.29) is 18.4 Å². The van der Waals surface area contributed by atoms with Crippen molar-refractivity contribution in [2.24, 2.45) is 5.92 Å². The van der Waals surface area contributed by atoms with E-state index in [0.29, 0.717) is 40.1 Å². The van der Waals surface area contributed by atoms with Crippen molar-refractivity contribution in [1.29, 1.82) is 0 Å². The molecule has 0 spiro atoms. The molecule has 0 fully saturated rings. The van der Waals surface area contributed by atoms with Crippen LogP contribution in [0.25, 0.3) is 22.2 Å². The molecule has 3 rings (SSSR count). The summed E-state index contributed by atoms with van der Waals surface area (Å²) in [6.45, 7) is 8.68. The molecule has 0 saturated heterocycles. The first-order valence-electron chi connectivity index (χ1n) is 12.2. The van der Waals surface area contributed by atoms with Crippen LogP contribution >= 0.6 is 11.8 Å². The molecule has 0 radical (unpaired) electrons. The third-order valence-corrected chi connectivity index (χ3v) is 6.75. The number of unbranched alkanes of at least 4 members (excludes halogenated alkanes) is 1. The Morgan fingerprint density at radius 2 is 1.86 bits per heavy atom. The Morgan fingerprint density at radius 1 is 1.14 bits per heavy atom. The maximum absolute atomic E-state index is 12.9. The van der Waals surface area contributed by atoms with Gasteiger partial charge in [-0.25, -0.2) is 19.9 Å². The average molecular weight is 524 g/mol. The number of fused-ring (bicyclic) bond motifs is 1. The summed E-state index contributed by atoms with van der Waals surface area (Å²) in [6, 6.07) is 0.0813. The van der Waals surface area contributed by atoms with Crippen LogP contribution in [0.5, 0.6) is 0 Å². The van der Waals surface area contributed by atoms with Crippen LogP contribution in [-0.2, 0) is 15.7 Å². The number of thioether (sulfide) groups is 1. The van der Waals surface area contributed by atoms with Gasteiger partial charge in [0.1, 0.15) is 5.52 Å². The number of esters is 1. The molecule has 0 bridgehead atoms. The van der Waals surface area contributed by atoms with Crippen LogP contribution in [0.3, 0.4) is 0 Å². The van der Waals surface area contributed by atoms with E-state index >= 15 is 0 Å². The first kappa shape index (κ1) is 27.9. The van der Waals surface area contributed by atoms with Gasteiger partial charge in [-0.3, -0.25) is 4.79 Å². The molecule has 3 aromatic rings. The van der Waals surface area contributed by atoms with E-state index in [1.165, 1.54) is 11.8 Å². The number of hydrogen-bond acceptors (Lipinski definition) is 7. The van der Waals surface area contributed by atoms with E-state index in [4.69, 9.17) is 4.74 Å². The molecule has 0 aliphatic rings. The van der Waals surface area contributed by atoms with Crippen molar-refractivity contribution in [2.45, 2.75) is 77.2 Å². The number of aromatic nitrogens is 5. The van der Waals surface area contributed by atoms with Gasteiger partial charge >= 0.3 is 12.1 Å². The maximum Gasteiger partial charge on any atom is 0.451 e. The SMILES string of the molecule is CCCCC(CC)COC(=O)CCSc1ncc2c(n1)c(-c1cnc(C(F)(F)F)nc1)cn2C(C)C. The minimum absolute atomic E-state index is 0.0813. The highest BCUT2D eigenvalue weighted by Gasteiger charge is 2.34. The van der Waals surface area contributed by atoms with E-state index in [1.54, 1.807) is 6.20 Å². The molecule has 3 heterocycles. The number of ether oxygens (including phenoxy) is 1. The van der Waals surface area contributed by atoms with E-state index in [2.05, 4.69) is 33.8 Å². The fraction of sp³-hybridized carbons (Fsp3) is 0.560. The van der Waals surface area contributed by atoms with Gasteiger partial charge in [0.2, 0.25) is 5.82 Å². The molecule has 0 aliphatic heterocycles. The first-order valence-corrected chi connectivity index (χ1v) is 13.2. The maximum atomic E-state index is 12.9. The summed E-state index contributed by atoms with van der Waals surface area (Å²) >= 11 is 1.33. The molecule has 11 heteroatoms. The van der Waals surface area contributed by atoms with Crippen LogP contribution in [0.15, 0.2) is 29.9 Å². The standard InChI is InChI=1S/C25H32F3N5O2S/c1-5-7-8-17(6-2)15-35-21(34)9-10-36-24-31-13-20-22(32-24)19(14-33(20)16(3)4)18-11-29-23(30-12-18)25(26,27)28/h11-14,16-17H,5-10,15H2,1-4H3. The van der Waals surface area contributed by atoms with Gasteiger partial charge in [-0.15, -0.1) is 0 Å². The Hall–Kier alpha value is -2.69. The summed E-state index contributed by atoms with van der Waals surface area (Å²) in [6.07, 6.45) is 5.76. The molecule has 7 nitrogen and oxygen atoms in total. The van der Waals surface area contributed by atoms with Crippen LogP contribution < -0.4 is 0 Å². The third-order valence-electron chi connectivity index (χ3n) is 5.88. The highest BCUT2D eigenvalue weighted by atomic mass is 32.2. The zero-order chi connectivity index (χ0) is 26.3. The van der Waals surface area contributed by atoms with Crippen LogP contribution in [0, 0.1) is 5.92 Å². The Balaban J connectivity index is 1.71. The van der Waals surface area contributed by atoms with Crippen molar-refractivity contribution in [1.82, 2.24) is 24.5 Å². The highest BCUT2D eigenvalue weighted by Crippen LogP contribution is 2.33. The lowest BCUT2D eigenvalue weighted by Gasteiger charge is -2.14. The van der Waals surface area contributed by atoms with Crippen LogP contribution in [0.2, 0.25) is 0 Å². The predicted octanol–water partition coefficient (Wildman–Crippen LogP) is 6.73. The summed E-state index contributed by atoms with van der Waals surface area (Å²) < 4.78 is 46.1. The van der Waals surface area contributed by atoms with Crippen molar-refractivity contribution in [3.63, 3.8) is 0 Å². The quantitative estimate of drug-likeness (QED) is 0.148. The number of carbonyl (C=O) groups is 1. The number of hydrogen-bond donors (Lipinski definition) is 0. The topological polar surface area (TPSA) is 82.8 Å². The van der Waals surface area contributed by atoms with E-state index < -0.39 is 12.0 Å². The van der Waals surface area contributed by atoms with Gasteiger partial charge in [0.25, 0.3) is 0 Å². The summed E-state index contributed by atoms with van der Waals surface area (Å²) in [5.41, 5.74) is 2.39. The molecule has 1 unspecified atom stereocenters. The van der Waals surface area contributed by atoms with Gasteiger partial charge in [-0.05, 0) is 26.2 Å². The Kier molecular flexibility index (Phi) is 9.69. The number of alkyl halides is 3. The van der Waals surface area contributed by atoms with E-state index in [9.17, 15) is 18.0 Å². The van der Waals surface area contributed by atoms with Crippen LogP contribution in [-0.4, -0.2) is 42.8 Å². The predicted molar refractivity (Wildman–Crippen MR) is 134 cm³/mol. The van der Waals surface area contributed by atoms with Crippen LogP contribution in [0.4, 0.5) is 13.2 Å². The van der Waals surface area contributed by atoms with Gasteiger partial charge in [-0.2, -0.15) is 13.2 Å². The lowest BCUT2D eigenvalue weighted by molar-refractivity contribution is -0.145. The fourth-order valence-corrected chi connectivity index (χ4v) is 4.48. The third kappa shape index (κ3) is 7.18. The molecular formula is C25H32F3N5O2S. The molecule has 0 aliphatic carbocycles. The molecule has 196 valence electrons. The molecule has 36 heavy (non-hydrogen) atoms. The van der Waals surface area contributed by atoms with Crippen molar-refractivity contribution in [3.05, 3.63) is 30.6 Å². The van der Waals surface area contributed by atoms with E-state index in [1.807, 2.05) is 24.6 Å². The van der Waals surface area contributed by atoms with Crippen molar-refractivity contribution < 1.29 is 22.7 Å². The molecule has 0 aromatic carbocycles. The molecular weight excluding hydrogens is 491 g/mol. The lowest BCUT2D eigenvalue weighted by atomic mass is 10.0. The van der Waals surface area contributed by atoms with Crippen molar-refractivity contribution >= 4 is 28.8 Å². The van der Waals surface area contributed by atoms with Gasteiger partial charge in [0.05, 0.1) is 24.7 Å². The molecule has 1 atom stereocenters. The van der Waals surface area contributed by atoms with Gasteiger partial charge < -0.3 is 9.30 Å². The van der Waals surface area contributed by atoms with Gasteiger partial charge in [0, 0.05) is 41.5 Å². The minimum atomic E-state index is -4.61. The molecule has 0 saturated carbocycles. The van der Waals surface area contributed by atoms with Gasteiger partial charge in [-0.1, -0.05) is 44.9 Å². The first-order chi connectivity index (χ1) is 17.1. The number of rotatable bonds is 12. The molecule has 0 N–H and O–H groups in total. The molecule has 0 amide bonds. The summed E-state index contributed by atoms with van der Waals surface area (Å²) in [7, 11) is 0. The van der Waals surface area contributed by atoms with Gasteiger partial charge in [0.15, 0.2) is 5.16 Å². The monoisotopic (exact) mass is 523 g/mol. The van der Waals surface area contributed by atoms with Crippen molar-refractivity contribution in [3.8, 4) is 11.1 Å². The highest BCUT2D eigenvalue weighted by molar-refractivity contribution is 7.99. The summed E-state index contributed by atoms with van der Waals surface area (Å²) in [4.78, 5) is 28.2. The second-order valence-corrected chi connectivity index (χ2v) is 9.98. The zero-order valence-electron chi connectivity index (χ0n) is 21.0. The largest absolute Gasteiger partial charge is 0.465 e. The summed E-state index contributed by atoms with van der Waals surface area (Å²) in [5, 5.41) is 0.472. The zero-order valence-corrected chi connectivity index (χ0v) is 21.8. The Labute approximate surface area is 213 Å². The normalized spacial score (nSPS) is 12.9. The van der Waals surface area contributed by atoms with Crippen molar-refractivity contribution in [2.75, 3.05) is 12.4 Å². The Morgan fingerprint density at radius 3 is 2.47 bits per heavy atom. The second kappa shape index (κ2) is 12.5. The second-order valence-electron chi connectivity index (χ2n) is 8.92. The lowest BCUT2D eigenvalue weighted by Crippen LogP contribution is -2.14. The van der Waals surface area contributed by atoms with Crippen LogP contribution in [0.1, 0.15) is 71.7 Å². The van der Waals surface area contributed by atoms with E-state index in [0.717, 1.165) is 43.6 Å². The average Bonchev–Trinajstić information content (AvgIpc) is 3.23. The number of carbonyl (C=O) groups excluding carboxylic acids is 1. The molecule has 3 aromatic heterocycles. The number of nitrogens with zero attached hydrogens (tertiary/aromatic N) is 5. The minimum Gasteiger partial charge on any atom is -0.465 e. The Bertz CT molecular complexity index is 1150. The number of halogens is 3. The fourth-order valence-electron chi connectivity index (χ4n) is 3.74. The summed E-state index contributed by atoms with van der Waals surface area (Å²) in [5.74, 6) is -0.580.